The predicted molar refractivity (Wildman–Crippen MR) is 52.0 cm³/mol. The first kappa shape index (κ1) is 11.6. The first-order valence-corrected chi connectivity index (χ1v) is 4.36. The van der Waals surface area contributed by atoms with Crippen molar-refractivity contribution in [1.82, 2.24) is 10.3 Å². The molecule has 15 heavy (non-hydrogen) atoms. The quantitative estimate of drug-likeness (QED) is 0.830. The molecule has 0 spiro atoms. The largest absolute Gasteiger partial charge is 0.384 e. The monoisotopic (exact) mass is 235 g/mol. The summed E-state index contributed by atoms with van der Waals surface area (Å²) < 4.78 is 23.6. The molecule has 0 atom stereocenters. The van der Waals surface area contributed by atoms with Crippen molar-refractivity contribution in [1.29, 1.82) is 0 Å². The van der Waals surface area contributed by atoms with Crippen molar-refractivity contribution in [2.45, 2.75) is 6.43 Å². The summed E-state index contributed by atoms with van der Waals surface area (Å²) in [7, 11) is 0. The Labute approximate surface area is 89.4 Å². The molecule has 0 aliphatic heterocycles. The van der Waals surface area contributed by atoms with Crippen molar-refractivity contribution < 1.29 is 13.6 Å². The van der Waals surface area contributed by atoms with Crippen molar-refractivity contribution in [2.24, 2.45) is 0 Å². The number of anilines is 1. The van der Waals surface area contributed by atoms with Gasteiger partial charge < -0.3 is 11.1 Å². The van der Waals surface area contributed by atoms with Gasteiger partial charge >= 0.3 is 0 Å². The number of rotatable bonds is 3. The third-order valence-corrected chi connectivity index (χ3v) is 1.84. The third kappa shape index (κ3) is 3.32. The van der Waals surface area contributed by atoms with E-state index in [1.165, 1.54) is 12.3 Å². The minimum absolute atomic E-state index is 0.0322. The molecular weight excluding hydrogens is 228 g/mol. The molecule has 0 radical (unpaired) electrons. The van der Waals surface area contributed by atoms with Gasteiger partial charge in [0, 0.05) is 6.20 Å². The highest BCUT2D eigenvalue weighted by molar-refractivity contribution is 6.33. The van der Waals surface area contributed by atoms with E-state index >= 15 is 0 Å². The van der Waals surface area contributed by atoms with Crippen LogP contribution in [0.4, 0.5) is 14.6 Å². The second kappa shape index (κ2) is 4.88. The van der Waals surface area contributed by atoms with Gasteiger partial charge in [-0.25, -0.2) is 13.8 Å². The number of hydrogen-bond donors (Lipinski definition) is 2. The molecule has 7 heteroatoms. The zero-order chi connectivity index (χ0) is 11.4. The summed E-state index contributed by atoms with van der Waals surface area (Å²) >= 11 is 5.64. The van der Waals surface area contributed by atoms with E-state index in [-0.39, 0.29) is 16.4 Å². The van der Waals surface area contributed by atoms with Crippen LogP contribution in [-0.4, -0.2) is 23.9 Å². The molecule has 1 amide bonds. The lowest BCUT2D eigenvalue weighted by atomic mass is 10.2. The zero-order valence-corrected chi connectivity index (χ0v) is 8.26. The topological polar surface area (TPSA) is 68.0 Å². The molecule has 1 aromatic heterocycles. The highest BCUT2D eigenvalue weighted by Crippen LogP contribution is 2.16. The fourth-order valence-electron chi connectivity index (χ4n) is 0.894. The molecule has 0 unspecified atom stereocenters. The molecule has 1 heterocycles. The van der Waals surface area contributed by atoms with Crippen LogP contribution >= 0.6 is 11.6 Å². The van der Waals surface area contributed by atoms with Crippen LogP contribution in [0.25, 0.3) is 0 Å². The number of pyridine rings is 1. The number of aromatic nitrogens is 1. The number of nitrogens with two attached hydrogens (primary N) is 1. The fourth-order valence-corrected chi connectivity index (χ4v) is 1.08. The molecule has 4 nitrogen and oxygen atoms in total. The third-order valence-electron chi connectivity index (χ3n) is 1.54. The van der Waals surface area contributed by atoms with Crippen LogP contribution in [0.5, 0.6) is 0 Å². The molecule has 1 aromatic rings. The van der Waals surface area contributed by atoms with Gasteiger partial charge in [-0.3, -0.25) is 4.79 Å². The maximum absolute atomic E-state index is 11.8. The minimum atomic E-state index is -2.60. The van der Waals surface area contributed by atoms with E-state index < -0.39 is 18.9 Å². The van der Waals surface area contributed by atoms with Gasteiger partial charge in [0.25, 0.3) is 12.3 Å². The van der Waals surface area contributed by atoms with E-state index in [2.05, 4.69) is 4.98 Å². The molecular formula is C8H8ClF2N3O. The Balaban J connectivity index is 2.77. The van der Waals surface area contributed by atoms with Gasteiger partial charge in [0.1, 0.15) is 5.82 Å². The summed E-state index contributed by atoms with van der Waals surface area (Å²) in [6, 6.07) is 1.23. The standard InChI is InChI=1S/C8H8ClF2N3O/c9-5-2-13-7(12)1-4(5)8(15)14-3-6(10)11/h1-2,6H,3H2,(H2,12,13)(H,14,15). The number of carbonyl (C=O) groups is 1. The van der Waals surface area contributed by atoms with E-state index in [4.69, 9.17) is 17.3 Å². The predicted octanol–water partition coefficient (Wildman–Crippen LogP) is 1.31. The summed E-state index contributed by atoms with van der Waals surface area (Å²) in [5.41, 5.74) is 5.36. The average molecular weight is 236 g/mol. The van der Waals surface area contributed by atoms with Crippen molar-refractivity contribution in [3.05, 3.63) is 22.8 Å². The van der Waals surface area contributed by atoms with Crippen LogP contribution in [0.2, 0.25) is 5.02 Å². The lowest BCUT2D eigenvalue weighted by molar-refractivity contribution is 0.0892. The molecule has 0 aromatic carbocycles. The first-order chi connectivity index (χ1) is 7.00. The lowest BCUT2D eigenvalue weighted by Gasteiger charge is -2.06. The molecule has 0 saturated carbocycles. The zero-order valence-electron chi connectivity index (χ0n) is 7.51. The second-order valence-corrected chi connectivity index (χ2v) is 3.10. The molecule has 0 bridgehead atoms. The highest BCUT2D eigenvalue weighted by atomic mass is 35.5. The Morgan fingerprint density at radius 2 is 2.33 bits per heavy atom. The van der Waals surface area contributed by atoms with Gasteiger partial charge in [-0.1, -0.05) is 11.6 Å². The number of alkyl halides is 2. The minimum Gasteiger partial charge on any atom is -0.384 e. The van der Waals surface area contributed by atoms with Crippen LogP contribution in [0.15, 0.2) is 12.3 Å². The Bertz CT molecular complexity index is 373. The molecule has 3 N–H and O–H groups in total. The number of hydrogen-bond acceptors (Lipinski definition) is 3. The van der Waals surface area contributed by atoms with Crippen molar-refractivity contribution in [2.75, 3.05) is 12.3 Å². The fraction of sp³-hybridized carbons (Fsp3) is 0.250. The average Bonchev–Trinajstić information content (AvgIpc) is 2.18. The van der Waals surface area contributed by atoms with E-state index in [1.54, 1.807) is 0 Å². The summed E-state index contributed by atoms with van der Waals surface area (Å²) in [6.07, 6.45) is -1.42. The summed E-state index contributed by atoms with van der Waals surface area (Å²) in [6.45, 7) is -0.725. The number of amides is 1. The summed E-state index contributed by atoms with van der Waals surface area (Å²) in [5, 5.41) is 2.08. The van der Waals surface area contributed by atoms with Gasteiger partial charge in [0.2, 0.25) is 0 Å². The van der Waals surface area contributed by atoms with E-state index in [9.17, 15) is 13.6 Å². The molecule has 82 valence electrons. The molecule has 0 aliphatic rings. The van der Waals surface area contributed by atoms with E-state index in [0.29, 0.717) is 0 Å². The van der Waals surface area contributed by atoms with Gasteiger partial charge in [0.15, 0.2) is 0 Å². The van der Waals surface area contributed by atoms with Crippen molar-refractivity contribution >= 4 is 23.3 Å². The Kier molecular flexibility index (Phi) is 3.79. The van der Waals surface area contributed by atoms with Crippen molar-refractivity contribution in [3.63, 3.8) is 0 Å². The van der Waals surface area contributed by atoms with Gasteiger partial charge in [-0.2, -0.15) is 0 Å². The molecule has 0 saturated heterocycles. The summed E-state index contributed by atoms with van der Waals surface area (Å²) in [4.78, 5) is 14.9. The molecule has 0 aliphatic carbocycles. The van der Waals surface area contributed by atoms with E-state index in [1.807, 2.05) is 5.32 Å². The van der Waals surface area contributed by atoms with Crippen LogP contribution in [0.1, 0.15) is 10.4 Å². The Hall–Kier alpha value is -1.43. The van der Waals surface area contributed by atoms with Crippen LogP contribution < -0.4 is 11.1 Å². The van der Waals surface area contributed by atoms with Crippen LogP contribution in [0, 0.1) is 0 Å². The van der Waals surface area contributed by atoms with Gasteiger partial charge in [-0.05, 0) is 6.07 Å². The molecule has 0 fully saturated rings. The van der Waals surface area contributed by atoms with Crippen LogP contribution in [0.3, 0.4) is 0 Å². The van der Waals surface area contributed by atoms with Crippen LogP contribution in [-0.2, 0) is 0 Å². The van der Waals surface area contributed by atoms with E-state index in [0.717, 1.165) is 0 Å². The highest BCUT2D eigenvalue weighted by Gasteiger charge is 2.12. The summed E-state index contributed by atoms with van der Waals surface area (Å²) in [5.74, 6) is -0.601. The SMILES string of the molecule is Nc1cc(C(=O)NCC(F)F)c(Cl)cn1. The second-order valence-electron chi connectivity index (χ2n) is 2.69. The number of nitrogens with zero attached hydrogens (tertiary/aromatic N) is 1. The number of nitrogen functional groups attached to an aromatic ring is 1. The number of halogens is 3. The smallest absolute Gasteiger partial charge is 0.255 e. The first-order valence-electron chi connectivity index (χ1n) is 3.98. The Morgan fingerprint density at radius 1 is 1.67 bits per heavy atom. The lowest BCUT2D eigenvalue weighted by Crippen LogP contribution is -2.28. The number of carbonyl (C=O) groups excluding carboxylic acids is 1. The van der Waals surface area contributed by atoms with Gasteiger partial charge in [0.05, 0.1) is 17.1 Å². The van der Waals surface area contributed by atoms with Gasteiger partial charge in [-0.15, -0.1) is 0 Å². The molecule has 1 rings (SSSR count). The maximum Gasteiger partial charge on any atom is 0.255 e. The normalized spacial score (nSPS) is 10.4. The number of nitrogens with one attached hydrogen (secondary N) is 1. The maximum atomic E-state index is 11.8. The Morgan fingerprint density at radius 3 is 2.93 bits per heavy atom. The van der Waals surface area contributed by atoms with Crippen molar-refractivity contribution in [3.8, 4) is 0 Å².